The van der Waals surface area contributed by atoms with E-state index in [4.69, 9.17) is 9.16 Å². The number of fused-ring (bicyclic) bond motifs is 2. The molecule has 0 aromatic rings. The van der Waals surface area contributed by atoms with Crippen molar-refractivity contribution in [2.45, 2.75) is 76.5 Å². The van der Waals surface area contributed by atoms with Gasteiger partial charge in [-0.25, -0.2) is 0 Å². The van der Waals surface area contributed by atoms with Gasteiger partial charge >= 0.3 is 0 Å². The van der Waals surface area contributed by atoms with Crippen LogP contribution in [0, 0.1) is 11.8 Å². The Bertz CT molecular complexity index is 335. The van der Waals surface area contributed by atoms with Crippen molar-refractivity contribution in [1.29, 1.82) is 0 Å². The second-order valence-corrected chi connectivity index (χ2v) is 12.9. The normalized spacial score (nSPS) is 37.6. The molecule has 2 fully saturated rings. The first kappa shape index (κ1) is 17.4. The van der Waals surface area contributed by atoms with Gasteiger partial charge < -0.3 is 19.4 Å². The van der Waals surface area contributed by atoms with Crippen molar-refractivity contribution in [2.24, 2.45) is 11.8 Å². The number of ether oxygens (including phenoxy) is 1. The molecule has 2 aliphatic rings. The first-order chi connectivity index (χ1) is 9.71. The van der Waals surface area contributed by atoms with Gasteiger partial charge in [0.1, 0.15) is 0 Å². The van der Waals surface area contributed by atoms with Crippen LogP contribution in [0.1, 0.15) is 40.0 Å². The van der Waals surface area contributed by atoms with Crippen LogP contribution in [-0.2, 0) is 9.16 Å². The summed E-state index contributed by atoms with van der Waals surface area (Å²) >= 11 is 0. The van der Waals surface area contributed by atoms with E-state index in [1.807, 2.05) is 0 Å². The lowest BCUT2D eigenvalue weighted by molar-refractivity contribution is -0.204. The van der Waals surface area contributed by atoms with Crippen molar-refractivity contribution in [3.05, 3.63) is 0 Å². The maximum absolute atomic E-state index is 9.64. The summed E-state index contributed by atoms with van der Waals surface area (Å²) in [5.41, 5.74) is 0. The van der Waals surface area contributed by atoms with Crippen molar-refractivity contribution in [2.75, 3.05) is 13.2 Å². The highest BCUT2D eigenvalue weighted by molar-refractivity contribution is 6.74. The molecule has 5 heteroatoms. The number of hydrogen-bond donors (Lipinski definition) is 2. The summed E-state index contributed by atoms with van der Waals surface area (Å²) in [4.78, 5) is 0. The average molecular weight is 317 g/mol. The van der Waals surface area contributed by atoms with Crippen molar-refractivity contribution >= 4 is 8.32 Å². The van der Waals surface area contributed by atoms with E-state index in [0.29, 0.717) is 0 Å². The van der Waals surface area contributed by atoms with Crippen LogP contribution in [0.3, 0.4) is 0 Å². The molecule has 2 rings (SSSR count). The van der Waals surface area contributed by atoms with Crippen molar-refractivity contribution in [1.82, 2.24) is 0 Å². The second kappa shape index (κ2) is 6.28. The SMILES string of the molecule is CC(C)(C)[Si](C)(C)OC1[C@H]2CCC[C@@H]1[C@@H](CO)O[C@H]2CO. The molecule has 1 heterocycles. The molecule has 0 radical (unpaired) electrons. The summed E-state index contributed by atoms with van der Waals surface area (Å²) in [6.45, 7) is 11.3. The van der Waals surface area contributed by atoms with Crippen LogP contribution in [0.5, 0.6) is 0 Å². The third kappa shape index (κ3) is 3.37. The van der Waals surface area contributed by atoms with Gasteiger partial charge in [0.2, 0.25) is 0 Å². The third-order valence-electron chi connectivity index (χ3n) is 5.82. The largest absolute Gasteiger partial charge is 0.413 e. The van der Waals surface area contributed by atoms with Crippen molar-refractivity contribution in [3.8, 4) is 0 Å². The molecule has 1 unspecified atom stereocenters. The quantitative estimate of drug-likeness (QED) is 0.783. The van der Waals surface area contributed by atoms with Gasteiger partial charge in [-0.15, -0.1) is 0 Å². The van der Waals surface area contributed by atoms with Crippen LogP contribution in [-0.4, -0.2) is 50.1 Å². The first-order valence-corrected chi connectivity index (χ1v) is 11.2. The van der Waals surface area contributed by atoms with Gasteiger partial charge in [0, 0.05) is 11.8 Å². The van der Waals surface area contributed by atoms with Gasteiger partial charge in [-0.2, -0.15) is 0 Å². The number of hydrogen-bond acceptors (Lipinski definition) is 4. The fraction of sp³-hybridized carbons (Fsp3) is 1.00. The van der Waals surface area contributed by atoms with Crippen molar-refractivity contribution in [3.63, 3.8) is 0 Å². The Labute approximate surface area is 130 Å². The molecule has 1 aliphatic heterocycles. The Balaban J connectivity index is 2.23. The van der Waals surface area contributed by atoms with Gasteiger partial charge in [0.25, 0.3) is 0 Å². The van der Waals surface area contributed by atoms with Crippen LogP contribution < -0.4 is 0 Å². The molecule has 1 aliphatic carbocycles. The Morgan fingerprint density at radius 1 is 1.05 bits per heavy atom. The monoisotopic (exact) mass is 316 g/mol. The number of aliphatic hydroxyl groups excluding tert-OH is 2. The molecule has 1 saturated carbocycles. The Kier molecular flexibility index (Phi) is 5.21. The van der Waals surface area contributed by atoms with E-state index in [1.54, 1.807) is 0 Å². The van der Waals surface area contributed by atoms with Crippen LogP contribution in [0.2, 0.25) is 18.1 Å². The summed E-state index contributed by atoms with van der Waals surface area (Å²) in [6, 6.07) is 0. The van der Waals surface area contributed by atoms with Gasteiger partial charge in [0.15, 0.2) is 8.32 Å². The Morgan fingerprint density at radius 3 is 1.90 bits per heavy atom. The molecule has 0 spiro atoms. The summed E-state index contributed by atoms with van der Waals surface area (Å²) in [5, 5.41) is 19.5. The van der Waals surface area contributed by atoms with Gasteiger partial charge in [0.05, 0.1) is 31.5 Å². The molecular formula is C16H32O4Si. The van der Waals surface area contributed by atoms with Crippen LogP contribution in [0.15, 0.2) is 0 Å². The lowest BCUT2D eigenvalue weighted by Crippen LogP contribution is -2.59. The molecule has 0 amide bonds. The third-order valence-corrected chi connectivity index (χ3v) is 10.3. The molecule has 5 atom stereocenters. The van der Waals surface area contributed by atoms with E-state index in [0.717, 1.165) is 19.3 Å². The summed E-state index contributed by atoms with van der Waals surface area (Å²) in [6.07, 6.45) is 3.01. The summed E-state index contributed by atoms with van der Waals surface area (Å²) < 4.78 is 12.6. The Morgan fingerprint density at radius 2 is 1.52 bits per heavy atom. The van der Waals surface area contributed by atoms with Crippen LogP contribution >= 0.6 is 0 Å². The minimum atomic E-state index is -1.86. The highest BCUT2D eigenvalue weighted by atomic mass is 28.4. The lowest BCUT2D eigenvalue weighted by atomic mass is 9.71. The molecule has 1 saturated heterocycles. The molecule has 2 N–H and O–H groups in total. The molecule has 2 bridgehead atoms. The highest BCUT2D eigenvalue weighted by Crippen LogP contribution is 2.46. The predicted octanol–water partition coefficient (Wildman–Crippen LogP) is 2.55. The molecule has 4 nitrogen and oxygen atoms in total. The van der Waals surface area contributed by atoms with E-state index in [2.05, 4.69) is 33.9 Å². The Hall–Kier alpha value is 0.0569. The van der Waals surface area contributed by atoms with E-state index >= 15 is 0 Å². The predicted molar refractivity (Wildman–Crippen MR) is 85.7 cm³/mol. The lowest BCUT2D eigenvalue weighted by Gasteiger charge is -2.53. The topological polar surface area (TPSA) is 58.9 Å². The molecule has 21 heavy (non-hydrogen) atoms. The molecule has 124 valence electrons. The first-order valence-electron chi connectivity index (χ1n) is 8.26. The summed E-state index contributed by atoms with van der Waals surface area (Å²) in [7, 11) is -1.86. The van der Waals surface area contributed by atoms with Gasteiger partial charge in [-0.3, -0.25) is 0 Å². The van der Waals surface area contributed by atoms with E-state index in [-0.39, 0.29) is 48.4 Å². The van der Waals surface area contributed by atoms with Gasteiger partial charge in [-0.1, -0.05) is 27.2 Å². The fourth-order valence-corrected chi connectivity index (χ4v) is 4.89. The van der Waals surface area contributed by atoms with Crippen molar-refractivity contribution < 1.29 is 19.4 Å². The molecular weight excluding hydrogens is 284 g/mol. The van der Waals surface area contributed by atoms with E-state index in [9.17, 15) is 10.2 Å². The average Bonchev–Trinajstić information content (AvgIpc) is 2.37. The number of aliphatic hydroxyl groups is 2. The zero-order valence-corrected chi connectivity index (χ0v) is 15.1. The zero-order chi connectivity index (χ0) is 15.8. The van der Waals surface area contributed by atoms with Gasteiger partial charge in [-0.05, 0) is 31.0 Å². The summed E-state index contributed by atoms with van der Waals surface area (Å²) in [5.74, 6) is 0.538. The molecule has 0 aromatic carbocycles. The standard InChI is InChI=1S/C16H32O4Si/c1-16(2,3)21(4,5)20-15-11-7-6-8-12(15)14(10-18)19-13(11)9-17/h11-15,17-18H,6-10H2,1-5H3/t11-,12+,13-,14+,15?. The second-order valence-electron chi connectivity index (χ2n) is 8.18. The van der Waals surface area contributed by atoms with Crippen LogP contribution in [0.25, 0.3) is 0 Å². The zero-order valence-electron chi connectivity index (χ0n) is 14.1. The van der Waals surface area contributed by atoms with E-state index in [1.165, 1.54) is 0 Å². The number of rotatable bonds is 4. The minimum Gasteiger partial charge on any atom is -0.413 e. The van der Waals surface area contributed by atoms with E-state index < -0.39 is 8.32 Å². The maximum Gasteiger partial charge on any atom is 0.192 e. The smallest absolute Gasteiger partial charge is 0.192 e. The highest BCUT2D eigenvalue weighted by Gasteiger charge is 2.51. The van der Waals surface area contributed by atoms with Crippen LogP contribution in [0.4, 0.5) is 0 Å². The minimum absolute atomic E-state index is 0.0191. The maximum atomic E-state index is 9.64. The fourth-order valence-electron chi connectivity index (χ4n) is 3.51. The molecule has 0 aromatic heterocycles.